The molecule has 2 aromatic rings. The first kappa shape index (κ1) is 17.7. The molecule has 4 heteroatoms. The SMILES string of the molecule is Cc1ccc(Cn2c(C)cc(C)c2C(=O)N2CC(C)OC(C)C2)cc1. The molecular formula is C21H28N2O2. The van der Waals surface area contributed by atoms with Gasteiger partial charge in [-0.25, -0.2) is 0 Å². The van der Waals surface area contributed by atoms with E-state index in [0.29, 0.717) is 13.1 Å². The fourth-order valence-electron chi connectivity index (χ4n) is 3.71. The maximum Gasteiger partial charge on any atom is 0.270 e. The number of hydrogen-bond donors (Lipinski definition) is 0. The number of amides is 1. The normalized spacial score (nSPS) is 20.8. The number of nitrogens with zero attached hydrogens (tertiary/aromatic N) is 2. The second kappa shape index (κ2) is 7.04. The first-order chi connectivity index (χ1) is 11.8. The summed E-state index contributed by atoms with van der Waals surface area (Å²) in [7, 11) is 0. The number of ether oxygens (including phenoxy) is 1. The van der Waals surface area contributed by atoms with Gasteiger partial charge in [-0.1, -0.05) is 29.8 Å². The van der Waals surface area contributed by atoms with Crippen molar-refractivity contribution < 1.29 is 9.53 Å². The summed E-state index contributed by atoms with van der Waals surface area (Å²) >= 11 is 0. The first-order valence-corrected chi connectivity index (χ1v) is 9.02. The molecule has 2 heterocycles. The summed E-state index contributed by atoms with van der Waals surface area (Å²) in [5.41, 5.74) is 5.43. The largest absolute Gasteiger partial charge is 0.372 e. The minimum Gasteiger partial charge on any atom is -0.372 e. The Morgan fingerprint density at radius 2 is 1.68 bits per heavy atom. The molecule has 0 aliphatic carbocycles. The van der Waals surface area contributed by atoms with E-state index in [2.05, 4.69) is 48.7 Å². The third kappa shape index (κ3) is 3.79. The lowest BCUT2D eigenvalue weighted by Crippen LogP contribution is -2.48. The molecule has 1 aromatic heterocycles. The lowest BCUT2D eigenvalue weighted by atomic mass is 10.1. The Morgan fingerprint density at radius 1 is 1.08 bits per heavy atom. The summed E-state index contributed by atoms with van der Waals surface area (Å²) in [6.07, 6.45) is 0.157. The number of carbonyl (C=O) groups excluding carboxylic acids is 1. The average Bonchev–Trinajstić information content (AvgIpc) is 2.82. The van der Waals surface area contributed by atoms with E-state index < -0.39 is 0 Å². The number of morpholine rings is 1. The van der Waals surface area contributed by atoms with Crippen LogP contribution in [0.25, 0.3) is 0 Å². The molecule has 1 fully saturated rings. The van der Waals surface area contributed by atoms with Gasteiger partial charge in [0.15, 0.2) is 0 Å². The maximum absolute atomic E-state index is 13.2. The zero-order chi connectivity index (χ0) is 18.1. The van der Waals surface area contributed by atoms with Gasteiger partial charge in [-0.2, -0.15) is 0 Å². The minimum absolute atomic E-state index is 0.0783. The Labute approximate surface area is 150 Å². The number of aryl methyl sites for hydroxylation is 3. The highest BCUT2D eigenvalue weighted by molar-refractivity contribution is 5.94. The molecule has 1 aliphatic heterocycles. The maximum atomic E-state index is 13.2. The number of carbonyl (C=O) groups is 1. The molecule has 2 atom stereocenters. The molecule has 0 spiro atoms. The van der Waals surface area contributed by atoms with E-state index in [0.717, 1.165) is 23.5 Å². The molecule has 0 bridgehead atoms. The van der Waals surface area contributed by atoms with E-state index in [-0.39, 0.29) is 18.1 Å². The van der Waals surface area contributed by atoms with Crippen LogP contribution < -0.4 is 0 Å². The minimum atomic E-state index is 0.0783. The number of rotatable bonds is 3. The molecule has 4 nitrogen and oxygen atoms in total. The molecule has 0 radical (unpaired) electrons. The van der Waals surface area contributed by atoms with Gasteiger partial charge in [-0.15, -0.1) is 0 Å². The molecule has 2 unspecified atom stereocenters. The van der Waals surface area contributed by atoms with Gasteiger partial charge in [-0.3, -0.25) is 4.79 Å². The molecule has 1 aromatic carbocycles. The monoisotopic (exact) mass is 340 g/mol. The topological polar surface area (TPSA) is 34.5 Å². The van der Waals surface area contributed by atoms with Gasteiger partial charge in [-0.05, 0) is 51.8 Å². The predicted molar refractivity (Wildman–Crippen MR) is 100 cm³/mol. The van der Waals surface area contributed by atoms with E-state index >= 15 is 0 Å². The zero-order valence-electron chi connectivity index (χ0n) is 15.9. The van der Waals surface area contributed by atoms with Crippen LogP contribution in [-0.2, 0) is 11.3 Å². The Balaban J connectivity index is 1.90. The lowest BCUT2D eigenvalue weighted by molar-refractivity contribution is -0.0588. The summed E-state index contributed by atoms with van der Waals surface area (Å²) in [4.78, 5) is 15.2. The Morgan fingerprint density at radius 3 is 2.28 bits per heavy atom. The van der Waals surface area contributed by atoms with Crippen molar-refractivity contribution in [2.75, 3.05) is 13.1 Å². The molecule has 25 heavy (non-hydrogen) atoms. The molecule has 0 N–H and O–H groups in total. The summed E-state index contributed by atoms with van der Waals surface area (Å²) in [5, 5.41) is 0. The standard InChI is InChI=1S/C21H28N2O2/c1-14-6-8-19(9-7-14)13-23-16(3)10-15(2)20(23)21(24)22-11-17(4)25-18(5)12-22/h6-10,17-18H,11-13H2,1-5H3. The summed E-state index contributed by atoms with van der Waals surface area (Å²) in [6.45, 7) is 12.3. The molecule has 1 aliphatic rings. The van der Waals surface area contributed by atoms with Gasteiger partial charge in [0.1, 0.15) is 5.69 Å². The van der Waals surface area contributed by atoms with Crippen molar-refractivity contribution in [2.45, 2.75) is 53.4 Å². The highest BCUT2D eigenvalue weighted by Gasteiger charge is 2.29. The average molecular weight is 340 g/mol. The van der Waals surface area contributed by atoms with Crippen LogP contribution in [0.5, 0.6) is 0 Å². The Hall–Kier alpha value is -2.07. The van der Waals surface area contributed by atoms with Crippen LogP contribution in [0.1, 0.15) is 46.7 Å². The zero-order valence-corrected chi connectivity index (χ0v) is 15.9. The van der Waals surface area contributed by atoms with Gasteiger partial charge in [0.2, 0.25) is 0 Å². The second-order valence-corrected chi connectivity index (χ2v) is 7.36. The van der Waals surface area contributed by atoms with Crippen LogP contribution in [0.3, 0.4) is 0 Å². The highest BCUT2D eigenvalue weighted by Crippen LogP contribution is 2.21. The van der Waals surface area contributed by atoms with Crippen molar-refractivity contribution in [3.63, 3.8) is 0 Å². The van der Waals surface area contributed by atoms with E-state index in [1.54, 1.807) is 0 Å². The number of benzene rings is 1. The third-order valence-corrected chi connectivity index (χ3v) is 4.87. The van der Waals surface area contributed by atoms with Gasteiger partial charge in [0, 0.05) is 25.3 Å². The van der Waals surface area contributed by atoms with Crippen LogP contribution in [0.2, 0.25) is 0 Å². The smallest absolute Gasteiger partial charge is 0.270 e. The van der Waals surface area contributed by atoms with Crippen molar-refractivity contribution >= 4 is 5.91 Å². The van der Waals surface area contributed by atoms with Crippen LogP contribution in [0, 0.1) is 20.8 Å². The van der Waals surface area contributed by atoms with Crippen LogP contribution >= 0.6 is 0 Å². The summed E-state index contributed by atoms with van der Waals surface area (Å²) in [5.74, 6) is 0.111. The lowest BCUT2D eigenvalue weighted by Gasteiger charge is -2.35. The van der Waals surface area contributed by atoms with E-state index in [4.69, 9.17) is 4.74 Å². The summed E-state index contributed by atoms with van der Waals surface area (Å²) < 4.78 is 7.92. The van der Waals surface area contributed by atoms with Crippen molar-refractivity contribution in [1.82, 2.24) is 9.47 Å². The second-order valence-electron chi connectivity index (χ2n) is 7.36. The fourth-order valence-corrected chi connectivity index (χ4v) is 3.71. The molecule has 0 saturated carbocycles. The van der Waals surface area contributed by atoms with Crippen LogP contribution in [-0.4, -0.2) is 40.7 Å². The third-order valence-electron chi connectivity index (χ3n) is 4.87. The van der Waals surface area contributed by atoms with E-state index in [1.165, 1.54) is 11.1 Å². The van der Waals surface area contributed by atoms with Crippen molar-refractivity contribution in [3.8, 4) is 0 Å². The number of aromatic nitrogens is 1. The first-order valence-electron chi connectivity index (χ1n) is 9.02. The van der Waals surface area contributed by atoms with Gasteiger partial charge in [0.25, 0.3) is 5.91 Å². The number of hydrogen-bond acceptors (Lipinski definition) is 2. The molecule has 1 amide bonds. The van der Waals surface area contributed by atoms with Gasteiger partial charge < -0.3 is 14.2 Å². The van der Waals surface area contributed by atoms with Gasteiger partial charge >= 0.3 is 0 Å². The van der Waals surface area contributed by atoms with Crippen molar-refractivity contribution in [3.05, 3.63) is 58.4 Å². The Bertz CT molecular complexity index is 751. The molecule has 1 saturated heterocycles. The van der Waals surface area contributed by atoms with Crippen LogP contribution in [0.4, 0.5) is 0 Å². The molecular weight excluding hydrogens is 312 g/mol. The summed E-state index contributed by atoms with van der Waals surface area (Å²) in [6, 6.07) is 10.6. The van der Waals surface area contributed by atoms with Crippen LogP contribution in [0.15, 0.2) is 30.3 Å². The van der Waals surface area contributed by atoms with Crippen molar-refractivity contribution in [2.24, 2.45) is 0 Å². The van der Waals surface area contributed by atoms with Crippen molar-refractivity contribution in [1.29, 1.82) is 0 Å². The Kier molecular flexibility index (Phi) is 5.00. The van der Waals surface area contributed by atoms with E-state index in [9.17, 15) is 4.79 Å². The van der Waals surface area contributed by atoms with E-state index in [1.807, 2.05) is 25.7 Å². The predicted octanol–water partition coefficient (Wildman–Crippen LogP) is 3.71. The fraction of sp³-hybridized carbons (Fsp3) is 0.476. The molecule has 134 valence electrons. The highest BCUT2D eigenvalue weighted by atomic mass is 16.5. The quantitative estimate of drug-likeness (QED) is 0.854. The molecule has 3 rings (SSSR count). The van der Waals surface area contributed by atoms with Gasteiger partial charge in [0.05, 0.1) is 12.2 Å².